The molecule has 3 aromatic rings. The highest BCUT2D eigenvalue weighted by atomic mass is 32.2. The van der Waals surface area contributed by atoms with Gasteiger partial charge in [-0.25, -0.2) is 17.7 Å². The first-order valence-corrected chi connectivity index (χ1v) is 10.9. The van der Waals surface area contributed by atoms with Crippen molar-refractivity contribution >= 4 is 26.7 Å². The van der Waals surface area contributed by atoms with Crippen LogP contribution in [0.2, 0.25) is 0 Å². The Balaban J connectivity index is 1.96. The number of rotatable bonds is 8. The molecule has 0 saturated carbocycles. The van der Waals surface area contributed by atoms with Gasteiger partial charge in [0.05, 0.1) is 11.3 Å². The second-order valence-corrected chi connectivity index (χ2v) is 9.36. The molecule has 0 fully saturated rings. The molecule has 0 saturated heterocycles. The van der Waals surface area contributed by atoms with Gasteiger partial charge in [-0.05, 0) is 49.1 Å². The van der Waals surface area contributed by atoms with Crippen molar-refractivity contribution in [3.8, 4) is 0 Å². The summed E-state index contributed by atoms with van der Waals surface area (Å²) in [6.45, 7) is 6.91. The molecular weight excluding hydrogens is 366 g/mol. The number of aryl methyl sites for hydroxylation is 4. The van der Waals surface area contributed by atoms with Crippen molar-refractivity contribution in [2.75, 3.05) is 19.8 Å². The van der Waals surface area contributed by atoms with Crippen molar-refractivity contribution in [1.82, 2.24) is 33.9 Å². The molecule has 148 valence electrons. The van der Waals surface area contributed by atoms with E-state index in [0.717, 1.165) is 53.9 Å². The van der Waals surface area contributed by atoms with Gasteiger partial charge in [-0.15, -0.1) is 5.10 Å². The van der Waals surface area contributed by atoms with Crippen LogP contribution in [0.3, 0.4) is 0 Å². The summed E-state index contributed by atoms with van der Waals surface area (Å²) in [5, 5.41) is 12.0. The Morgan fingerprint density at radius 2 is 1.89 bits per heavy atom. The number of sulfonamides is 1. The molecule has 0 amide bonds. The lowest BCUT2D eigenvalue weighted by atomic mass is 10.2. The maximum atomic E-state index is 12.0. The van der Waals surface area contributed by atoms with Gasteiger partial charge >= 0.3 is 0 Å². The average molecular weight is 394 g/mol. The zero-order valence-corrected chi connectivity index (χ0v) is 17.4. The summed E-state index contributed by atoms with van der Waals surface area (Å²) in [6, 6.07) is 0. The molecule has 27 heavy (non-hydrogen) atoms. The lowest BCUT2D eigenvalue weighted by Crippen LogP contribution is -2.25. The second kappa shape index (κ2) is 7.51. The Labute approximate surface area is 159 Å². The standard InChI is InChI=1S/C17H27N7O2S/c1-6-9-14-18-15-16(12(2)13(3)24-17(15)19-20-21-24)23(14)10-7-8-11-27(25,26)22(4)5/h6-11H2,1-5H3. The van der Waals surface area contributed by atoms with Gasteiger partial charge in [-0.1, -0.05) is 6.92 Å². The zero-order chi connectivity index (χ0) is 19.8. The predicted molar refractivity (Wildman–Crippen MR) is 104 cm³/mol. The van der Waals surface area contributed by atoms with Gasteiger partial charge < -0.3 is 4.57 Å². The Morgan fingerprint density at radius 3 is 2.56 bits per heavy atom. The summed E-state index contributed by atoms with van der Waals surface area (Å²) in [6.07, 6.45) is 3.22. The first kappa shape index (κ1) is 19.7. The first-order chi connectivity index (χ1) is 12.8. The van der Waals surface area contributed by atoms with Crippen molar-refractivity contribution in [2.45, 2.75) is 53.0 Å². The molecule has 0 aliphatic heterocycles. The van der Waals surface area contributed by atoms with Gasteiger partial charge in [0.15, 0.2) is 0 Å². The maximum Gasteiger partial charge on any atom is 0.213 e. The van der Waals surface area contributed by atoms with E-state index >= 15 is 0 Å². The van der Waals surface area contributed by atoms with Crippen LogP contribution >= 0.6 is 0 Å². The van der Waals surface area contributed by atoms with Gasteiger partial charge in [0, 0.05) is 32.8 Å². The number of pyridine rings is 1. The van der Waals surface area contributed by atoms with Crippen LogP contribution in [-0.2, 0) is 23.0 Å². The summed E-state index contributed by atoms with van der Waals surface area (Å²) in [4.78, 5) is 4.83. The summed E-state index contributed by atoms with van der Waals surface area (Å²) >= 11 is 0. The highest BCUT2D eigenvalue weighted by molar-refractivity contribution is 7.89. The molecule has 0 atom stereocenters. The molecule has 0 N–H and O–H groups in total. The number of fused-ring (bicyclic) bond motifs is 3. The van der Waals surface area contributed by atoms with E-state index in [9.17, 15) is 8.42 Å². The van der Waals surface area contributed by atoms with Crippen molar-refractivity contribution in [3.63, 3.8) is 0 Å². The summed E-state index contributed by atoms with van der Waals surface area (Å²) in [5.41, 5.74) is 4.61. The Morgan fingerprint density at radius 1 is 1.15 bits per heavy atom. The summed E-state index contributed by atoms with van der Waals surface area (Å²) < 4.78 is 29.2. The molecular formula is C17H27N7O2S. The molecule has 9 nitrogen and oxygen atoms in total. The predicted octanol–water partition coefficient (Wildman–Crippen LogP) is 1.71. The summed E-state index contributed by atoms with van der Waals surface area (Å²) in [5.74, 6) is 1.16. The fourth-order valence-corrected chi connectivity index (χ4v) is 4.25. The molecule has 3 rings (SSSR count). The topological polar surface area (TPSA) is 98.3 Å². The minimum atomic E-state index is -3.16. The number of tetrazole rings is 1. The van der Waals surface area contributed by atoms with E-state index in [1.165, 1.54) is 4.31 Å². The molecule has 3 aromatic heterocycles. The fourth-order valence-electron chi connectivity index (χ4n) is 3.32. The van der Waals surface area contributed by atoms with E-state index in [2.05, 4.69) is 33.9 Å². The van der Waals surface area contributed by atoms with Crippen molar-refractivity contribution in [1.29, 1.82) is 0 Å². The number of hydrogen-bond donors (Lipinski definition) is 0. The molecule has 0 radical (unpaired) electrons. The molecule has 0 unspecified atom stereocenters. The average Bonchev–Trinajstić information content (AvgIpc) is 3.22. The quantitative estimate of drug-likeness (QED) is 0.540. The fraction of sp³-hybridized carbons (Fsp3) is 0.647. The van der Waals surface area contributed by atoms with Gasteiger partial charge in [-0.3, -0.25) is 0 Å². The Hall–Kier alpha value is -2.07. The van der Waals surface area contributed by atoms with E-state index < -0.39 is 10.0 Å². The largest absolute Gasteiger partial charge is 0.328 e. The van der Waals surface area contributed by atoms with E-state index in [1.807, 2.05) is 6.92 Å². The summed E-state index contributed by atoms with van der Waals surface area (Å²) in [7, 11) is -0.0167. The lowest BCUT2D eigenvalue weighted by molar-refractivity contribution is 0.514. The number of unbranched alkanes of at least 4 members (excludes halogenated alkanes) is 1. The Bertz CT molecular complexity index is 1070. The van der Waals surface area contributed by atoms with Crippen LogP contribution in [0.4, 0.5) is 0 Å². The van der Waals surface area contributed by atoms with Crippen molar-refractivity contribution in [2.24, 2.45) is 0 Å². The van der Waals surface area contributed by atoms with Crippen LogP contribution in [0, 0.1) is 13.8 Å². The minimum absolute atomic E-state index is 0.159. The Kier molecular flexibility index (Phi) is 5.48. The third kappa shape index (κ3) is 3.55. The molecule has 0 bridgehead atoms. The molecule has 0 aromatic carbocycles. The minimum Gasteiger partial charge on any atom is -0.328 e. The van der Waals surface area contributed by atoms with Gasteiger partial charge in [-0.2, -0.15) is 4.52 Å². The van der Waals surface area contributed by atoms with Crippen LogP contribution in [0.5, 0.6) is 0 Å². The van der Waals surface area contributed by atoms with Crippen LogP contribution in [0.1, 0.15) is 43.3 Å². The van der Waals surface area contributed by atoms with E-state index in [4.69, 9.17) is 4.98 Å². The van der Waals surface area contributed by atoms with Crippen LogP contribution < -0.4 is 0 Å². The molecule has 3 heterocycles. The van der Waals surface area contributed by atoms with Crippen molar-refractivity contribution < 1.29 is 8.42 Å². The SMILES string of the molecule is CCCc1nc2c(c(C)c(C)n3nnnc23)n1CCCCS(=O)(=O)N(C)C. The molecule has 0 spiro atoms. The third-order valence-corrected chi connectivity index (χ3v) is 6.92. The van der Waals surface area contributed by atoms with Gasteiger partial charge in [0.2, 0.25) is 15.7 Å². The van der Waals surface area contributed by atoms with Crippen molar-refractivity contribution in [3.05, 3.63) is 17.1 Å². The highest BCUT2D eigenvalue weighted by Gasteiger charge is 2.20. The zero-order valence-electron chi connectivity index (χ0n) is 16.6. The molecule has 0 aliphatic rings. The number of nitrogens with zero attached hydrogens (tertiary/aromatic N) is 7. The van der Waals surface area contributed by atoms with Crippen LogP contribution in [0.15, 0.2) is 0 Å². The number of imidazole rings is 1. The van der Waals surface area contributed by atoms with E-state index in [1.54, 1.807) is 18.6 Å². The monoisotopic (exact) mass is 393 g/mol. The highest BCUT2D eigenvalue weighted by Crippen LogP contribution is 2.27. The van der Waals surface area contributed by atoms with E-state index in [-0.39, 0.29) is 5.75 Å². The smallest absolute Gasteiger partial charge is 0.213 e. The second-order valence-electron chi connectivity index (χ2n) is 7.06. The molecule has 0 aliphatic carbocycles. The number of hydrogen-bond acceptors (Lipinski definition) is 6. The van der Waals surface area contributed by atoms with E-state index in [0.29, 0.717) is 12.1 Å². The lowest BCUT2D eigenvalue weighted by Gasteiger charge is -2.13. The first-order valence-electron chi connectivity index (χ1n) is 9.24. The van der Waals surface area contributed by atoms with Gasteiger partial charge in [0.25, 0.3) is 0 Å². The maximum absolute atomic E-state index is 12.0. The number of aromatic nitrogens is 6. The third-order valence-electron chi connectivity index (χ3n) is 5.01. The normalized spacial score (nSPS) is 12.7. The van der Waals surface area contributed by atoms with Crippen LogP contribution in [-0.4, -0.2) is 62.2 Å². The van der Waals surface area contributed by atoms with Gasteiger partial charge in [0.1, 0.15) is 11.3 Å². The van der Waals surface area contributed by atoms with Crippen LogP contribution in [0.25, 0.3) is 16.7 Å². The molecule has 10 heteroatoms.